The number of nitrogens with two attached hydrogens (primary N) is 1. The van der Waals surface area contributed by atoms with Gasteiger partial charge in [-0.2, -0.15) is 0 Å². The summed E-state index contributed by atoms with van der Waals surface area (Å²) in [6.45, 7) is 0. The summed E-state index contributed by atoms with van der Waals surface area (Å²) >= 11 is 5.75. The van der Waals surface area contributed by atoms with E-state index in [2.05, 4.69) is 4.74 Å². The number of methoxy groups -OCH3 is 2. The van der Waals surface area contributed by atoms with Gasteiger partial charge in [0.15, 0.2) is 17.3 Å². The topological polar surface area (TPSA) is 78.6 Å². The first-order chi connectivity index (χ1) is 9.90. The first kappa shape index (κ1) is 16.7. The summed E-state index contributed by atoms with van der Waals surface area (Å²) in [6, 6.07) is 2.82. The molecule has 0 aliphatic rings. The van der Waals surface area contributed by atoms with Crippen LogP contribution in [0.2, 0.25) is 5.02 Å². The summed E-state index contributed by atoms with van der Waals surface area (Å²) in [4.78, 5) is 22.6. The summed E-state index contributed by atoms with van der Waals surface area (Å²) < 4.78 is 23.1. The molecule has 21 heavy (non-hydrogen) atoms. The van der Waals surface area contributed by atoms with Crippen LogP contribution in [0.4, 0.5) is 4.39 Å². The van der Waals surface area contributed by atoms with Crippen LogP contribution in [0.5, 0.6) is 5.75 Å². The molecule has 0 radical (unpaired) electrons. The fourth-order valence-corrected chi connectivity index (χ4v) is 1.64. The molecule has 1 aromatic rings. The summed E-state index contributed by atoms with van der Waals surface area (Å²) in [5.41, 5.74) is 5.07. The molecule has 0 unspecified atom stereocenters. The number of allylic oxidation sites excluding steroid dienone is 2. The van der Waals surface area contributed by atoms with Crippen LogP contribution in [0.1, 0.15) is 5.56 Å². The van der Waals surface area contributed by atoms with Crippen molar-refractivity contribution in [3.63, 3.8) is 0 Å². The number of ether oxygens (including phenoxy) is 2. The Morgan fingerprint density at radius 3 is 2.57 bits per heavy atom. The number of hydrogen-bond acceptors (Lipinski definition) is 5. The van der Waals surface area contributed by atoms with Crippen molar-refractivity contribution in [1.82, 2.24) is 0 Å². The van der Waals surface area contributed by atoms with Crippen molar-refractivity contribution in [2.75, 3.05) is 14.2 Å². The second-order valence-corrected chi connectivity index (χ2v) is 4.22. The van der Waals surface area contributed by atoms with Crippen molar-refractivity contribution >= 4 is 29.4 Å². The predicted octanol–water partition coefficient (Wildman–Crippen LogP) is 2.09. The Bertz CT molecular complexity index is 626. The van der Waals surface area contributed by atoms with Crippen LogP contribution in [0.3, 0.4) is 0 Å². The lowest BCUT2D eigenvalue weighted by Gasteiger charge is -2.06. The van der Waals surface area contributed by atoms with Gasteiger partial charge in [-0.3, -0.25) is 4.79 Å². The lowest BCUT2D eigenvalue weighted by atomic mass is 10.1. The van der Waals surface area contributed by atoms with Gasteiger partial charge in [0.25, 0.3) is 0 Å². The fourth-order valence-electron chi connectivity index (χ4n) is 1.41. The summed E-state index contributed by atoms with van der Waals surface area (Å²) in [5, 5.41) is 0.119. The molecule has 0 heterocycles. The Kier molecular flexibility index (Phi) is 5.92. The van der Waals surface area contributed by atoms with Crippen molar-refractivity contribution in [2.45, 2.75) is 0 Å². The van der Waals surface area contributed by atoms with E-state index in [-0.39, 0.29) is 22.0 Å². The van der Waals surface area contributed by atoms with Gasteiger partial charge in [-0.05, 0) is 18.2 Å². The minimum absolute atomic E-state index is 0.106. The Morgan fingerprint density at radius 2 is 2.00 bits per heavy atom. The zero-order chi connectivity index (χ0) is 16.0. The Hall–Kier alpha value is -2.34. The van der Waals surface area contributed by atoms with Crippen molar-refractivity contribution in [2.24, 2.45) is 5.73 Å². The number of halogens is 2. The van der Waals surface area contributed by atoms with E-state index in [1.165, 1.54) is 25.3 Å². The zero-order valence-corrected chi connectivity index (χ0v) is 12.1. The molecule has 0 saturated heterocycles. The molecule has 0 spiro atoms. The van der Waals surface area contributed by atoms with Gasteiger partial charge in [-0.25, -0.2) is 9.18 Å². The standard InChI is InChI=1S/C14H13ClFNO4/c1-20-13-10(15)6-4-8(12(13)16)3-5-9(18)7-11(17)14(19)21-2/h3-7H,17H2,1-2H3. The van der Waals surface area contributed by atoms with Crippen LogP contribution in [-0.4, -0.2) is 26.0 Å². The van der Waals surface area contributed by atoms with E-state index in [0.717, 1.165) is 19.3 Å². The molecule has 0 aliphatic carbocycles. The first-order valence-corrected chi connectivity index (χ1v) is 6.08. The van der Waals surface area contributed by atoms with Gasteiger partial charge in [0.2, 0.25) is 0 Å². The average molecular weight is 314 g/mol. The molecule has 112 valence electrons. The molecule has 1 rings (SSSR count). The fraction of sp³-hybridized carbons (Fsp3) is 0.143. The van der Waals surface area contributed by atoms with Gasteiger partial charge in [-0.1, -0.05) is 17.7 Å². The van der Waals surface area contributed by atoms with Gasteiger partial charge in [0, 0.05) is 11.6 Å². The quantitative estimate of drug-likeness (QED) is 0.665. The maximum Gasteiger partial charge on any atom is 0.354 e. The van der Waals surface area contributed by atoms with Crippen LogP contribution in [0.25, 0.3) is 6.08 Å². The van der Waals surface area contributed by atoms with Crippen LogP contribution >= 0.6 is 11.6 Å². The molecule has 0 bridgehead atoms. The lowest BCUT2D eigenvalue weighted by Crippen LogP contribution is -2.14. The number of carbonyl (C=O) groups is 2. The van der Waals surface area contributed by atoms with Gasteiger partial charge < -0.3 is 15.2 Å². The third kappa shape index (κ3) is 4.32. The highest BCUT2D eigenvalue weighted by molar-refractivity contribution is 6.32. The molecule has 1 aromatic carbocycles. The largest absolute Gasteiger partial charge is 0.492 e. The van der Waals surface area contributed by atoms with E-state index in [0.29, 0.717) is 0 Å². The third-order valence-electron chi connectivity index (χ3n) is 2.43. The normalized spacial score (nSPS) is 11.5. The monoisotopic (exact) mass is 313 g/mol. The molecule has 5 nitrogen and oxygen atoms in total. The van der Waals surface area contributed by atoms with Crippen molar-refractivity contribution < 1.29 is 23.5 Å². The number of benzene rings is 1. The number of ketones is 1. The van der Waals surface area contributed by atoms with Crippen LogP contribution < -0.4 is 10.5 Å². The van der Waals surface area contributed by atoms with Crippen LogP contribution in [-0.2, 0) is 14.3 Å². The minimum atomic E-state index is -0.823. The number of carbonyl (C=O) groups excluding carboxylic acids is 2. The summed E-state index contributed by atoms with van der Waals surface area (Å²) in [7, 11) is 2.42. The number of hydrogen-bond donors (Lipinski definition) is 1. The predicted molar refractivity (Wildman–Crippen MR) is 76.3 cm³/mol. The highest BCUT2D eigenvalue weighted by Crippen LogP contribution is 2.30. The average Bonchev–Trinajstić information content (AvgIpc) is 2.46. The molecular weight excluding hydrogens is 301 g/mol. The molecule has 0 atom stereocenters. The van der Waals surface area contributed by atoms with E-state index in [4.69, 9.17) is 22.1 Å². The maximum absolute atomic E-state index is 13.9. The van der Waals surface area contributed by atoms with E-state index in [9.17, 15) is 14.0 Å². The number of rotatable bonds is 5. The van der Waals surface area contributed by atoms with Crippen molar-refractivity contribution in [3.8, 4) is 5.75 Å². The SMILES string of the molecule is COC(=O)C(N)=CC(=O)C=Cc1ccc(Cl)c(OC)c1F. The maximum atomic E-state index is 13.9. The highest BCUT2D eigenvalue weighted by Gasteiger charge is 2.11. The molecule has 2 N–H and O–H groups in total. The third-order valence-corrected chi connectivity index (χ3v) is 2.73. The summed E-state index contributed by atoms with van der Waals surface area (Å²) in [6.07, 6.45) is 3.16. The lowest BCUT2D eigenvalue weighted by molar-refractivity contribution is -0.136. The molecule has 0 aromatic heterocycles. The molecule has 0 saturated carbocycles. The Morgan fingerprint density at radius 1 is 1.33 bits per heavy atom. The van der Waals surface area contributed by atoms with E-state index < -0.39 is 17.6 Å². The second kappa shape index (κ2) is 7.44. The molecule has 7 heteroatoms. The van der Waals surface area contributed by atoms with Crippen LogP contribution in [0, 0.1) is 5.82 Å². The van der Waals surface area contributed by atoms with Crippen molar-refractivity contribution in [3.05, 3.63) is 46.4 Å². The zero-order valence-electron chi connectivity index (χ0n) is 11.4. The van der Waals surface area contributed by atoms with Crippen LogP contribution in [0.15, 0.2) is 30.0 Å². The highest BCUT2D eigenvalue weighted by atomic mass is 35.5. The van der Waals surface area contributed by atoms with Gasteiger partial charge in [0.1, 0.15) is 5.70 Å². The van der Waals surface area contributed by atoms with E-state index >= 15 is 0 Å². The van der Waals surface area contributed by atoms with E-state index in [1.807, 2.05) is 0 Å². The summed E-state index contributed by atoms with van der Waals surface area (Å²) in [5.74, 6) is -2.22. The van der Waals surface area contributed by atoms with Gasteiger partial charge in [0.05, 0.1) is 19.2 Å². The molecule has 0 amide bonds. The van der Waals surface area contributed by atoms with Gasteiger partial charge in [-0.15, -0.1) is 0 Å². The Balaban J connectivity index is 2.96. The first-order valence-electron chi connectivity index (χ1n) is 5.70. The number of esters is 1. The second-order valence-electron chi connectivity index (χ2n) is 3.81. The minimum Gasteiger partial charge on any atom is -0.492 e. The molecule has 0 fully saturated rings. The molecular formula is C14H13ClFNO4. The van der Waals surface area contributed by atoms with Gasteiger partial charge >= 0.3 is 5.97 Å². The van der Waals surface area contributed by atoms with E-state index in [1.54, 1.807) is 0 Å². The Labute approximate surface area is 125 Å². The smallest absolute Gasteiger partial charge is 0.354 e. The van der Waals surface area contributed by atoms with Crippen molar-refractivity contribution in [1.29, 1.82) is 0 Å². The molecule has 0 aliphatic heterocycles.